The quantitative estimate of drug-likeness (QED) is 0.783. The van der Waals surface area contributed by atoms with Crippen LogP contribution in [0.3, 0.4) is 0 Å². The van der Waals surface area contributed by atoms with E-state index in [0.717, 1.165) is 11.4 Å². The fourth-order valence-electron chi connectivity index (χ4n) is 3.24. The van der Waals surface area contributed by atoms with E-state index in [1.165, 1.54) is 13.0 Å². The number of urea groups is 1. The van der Waals surface area contributed by atoms with E-state index in [2.05, 4.69) is 10.3 Å². The number of nitrogens with one attached hydrogen (secondary N) is 1. The van der Waals surface area contributed by atoms with Gasteiger partial charge in [-0.2, -0.15) is 0 Å². The summed E-state index contributed by atoms with van der Waals surface area (Å²) in [6.45, 7) is 3.90. The van der Waals surface area contributed by atoms with Gasteiger partial charge in [-0.1, -0.05) is 0 Å². The lowest BCUT2D eigenvalue weighted by Gasteiger charge is -2.36. The number of pyridine rings is 1. The summed E-state index contributed by atoms with van der Waals surface area (Å²) in [5.41, 5.74) is 1.80. The third-order valence-corrected chi connectivity index (χ3v) is 4.97. The number of carbonyl (C=O) groups is 2. The highest BCUT2D eigenvalue weighted by atomic mass is 19.1. The van der Waals surface area contributed by atoms with E-state index < -0.39 is 5.82 Å². The zero-order valence-electron chi connectivity index (χ0n) is 17.0. The number of amides is 2. The molecule has 7 nitrogen and oxygen atoms in total. The third kappa shape index (κ3) is 5.01. The predicted molar refractivity (Wildman–Crippen MR) is 111 cm³/mol. The molecule has 1 aliphatic rings. The van der Waals surface area contributed by atoms with Crippen molar-refractivity contribution < 1.29 is 14.0 Å². The van der Waals surface area contributed by atoms with Crippen LogP contribution in [0.25, 0.3) is 0 Å². The minimum Gasteiger partial charge on any atom is -0.366 e. The first-order valence-electron chi connectivity index (χ1n) is 9.55. The van der Waals surface area contributed by atoms with Gasteiger partial charge >= 0.3 is 6.03 Å². The third-order valence-electron chi connectivity index (χ3n) is 4.97. The fraction of sp³-hybridized carbons (Fsp3) is 0.381. The number of halogens is 1. The van der Waals surface area contributed by atoms with Crippen LogP contribution in [-0.2, 0) is 6.54 Å². The molecule has 2 amide bonds. The van der Waals surface area contributed by atoms with E-state index in [-0.39, 0.29) is 11.8 Å². The molecule has 1 N–H and O–H groups in total. The lowest BCUT2D eigenvalue weighted by molar-refractivity contribution is 0.101. The molecule has 0 radical (unpaired) electrons. The molecule has 1 aromatic carbocycles. The lowest BCUT2D eigenvalue weighted by Crippen LogP contribution is -2.51. The summed E-state index contributed by atoms with van der Waals surface area (Å²) in [7, 11) is 3.83. The Kier molecular flexibility index (Phi) is 6.31. The maximum atomic E-state index is 14.4. The first kappa shape index (κ1) is 20.6. The van der Waals surface area contributed by atoms with Gasteiger partial charge in [0, 0.05) is 58.6 Å². The van der Waals surface area contributed by atoms with Crippen LogP contribution in [0.5, 0.6) is 0 Å². The van der Waals surface area contributed by atoms with E-state index in [9.17, 15) is 14.0 Å². The van der Waals surface area contributed by atoms with Crippen molar-refractivity contribution in [3.05, 3.63) is 53.5 Å². The smallest absolute Gasteiger partial charge is 0.317 e. The van der Waals surface area contributed by atoms with Crippen LogP contribution in [0.4, 0.5) is 20.7 Å². The molecular formula is C21H26FN5O2. The molecule has 0 saturated carbocycles. The van der Waals surface area contributed by atoms with Crippen molar-refractivity contribution in [3.8, 4) is 0 Å². The lowest BCUT2D eigenvalue weighted by atomic mass is 10.1. The molecule has 1 saturated heterocycles. The number of anilines is 2. The highest BCUT2D eigenvalue weighted by Gasteiger charge is 2.23. The summed E-state index contributed by atoms with van der Waals surface area (Å²) in [6, 6.07) is 8.21. The van der Waals surface area contributed by atoms with E-state index >= 15 is 0 Å². The van der Waals surface area contributed by atoms with Crippen LogP contribution in [0.15, 0.2) is 36.5 Å². The van der Waals surface area contributed by atoms with E-state index in [1.807, 2.05) is 36.0 Å². The second-order valence-electron chi connectivity index (χ2n) is 7.27. The second-order valence-corrected chi connectivity index (χ2v) is 7.27. The van der Waals surface area contributed by atoms with Crippen LogP contribution in [-0.4, -0.2) is 62.0 Å². The summed E-state index contributed by atoms with van der Waals surface area (Å²) in [4.78, 5) is 33.7. The molecule has 2 heterocycles. The topological polar surface area (TPSA) is 68.8 Å². The van der Waals surface area contributed by atoms with Gasteiger partial charge in [-0.05, 0) is 42.8 Å². The first-order valence-corrected chi connectivity index (χ1v) is 9.55. The van der Waals surface area contributed by atoms with Gasteiger partial charge in [-0.15, -0.1) is 0 Å². The zero-order valence-corrected chi connectivity index (χ0v) is 17.0. The molecule has 1 fully saturated rings. The molecule has 0 unspecified atom stereocenters. The van der Waals surface area contributed by atoms with Crippen molar-refractivity contribution in [1.29, 1.82) is 0 Å². The number of piperazine rings is 1. The van der Waals surface area contributed by atoms with Crippen molar-refractivity contribution in [2.45, 2.75) is 13.5 Å². The average Bonchev–Trinajstić information content (AvgIpc) is 2.72. The molecule has 0 spiro atoms. The van der Waals surface area contributed by atoms with Gasteiger partial charge in [-0.25, -0.2) is 14.2 Å². The SMILES string of the molecule is CC(=O)c1ccc(N2CCN(C(=O)NCc3ccnc(N(C)C)c3)CC2)c(F)c1. The Hall–Kier alpha value is -3.16. The van der Waals surface area contributed by atoms with Gasteiger partial charge in [0.05, 0.1) is 5.69 Å². The number of hydrogen-bond acceptors (Lipinski definition) is 5. The number of nitrogens with zero attached hydrogens (tertiary/aromatic N) is 4. The summed E-state index contributed by atoms with van der Waals surface area (Å²) in [5.74, 6) is 0.261. The molecule has 1 aliphatic heterocycles. The molecule has 2 aromatic rings. The number of ketones is 1. The standard InChI is InChI=1S/C21H26FN5O2/c1-15(28)17-4-5-19(18(22)13-17)26-8-10-27(11-9-26)21(29)24-14-16-6-7-23-20(12-16)25(2)3/h4-7,12-13H,8-11,14H2,1-3H3,(H,24,29). The van der Waals surface area contributed by atoms with E-state index in [1.54, 1.807) is 23.2 Å². The van der Waals surface area contributed by atoms with Crippen LogP contribution in [0, 0.1) is 5.82 Å². The largest absolute Gasteiger partial charge is 0.366 e. The van der Waals surface area contributed by atoms with Crippen molar-refractivity contribution in [2.24, 2.45) is 0 Å². The van der Waals surface area contributed by atoms with Crippen molar-refractivity contribution in [3.63, 3.8) is 0 Å². The van der Waals surface area contributed by atoms with Gasteiger partial charge in [0.1, 0.15) is 11.6 Å². The summed E-state index contributed by atoms with van der Waals surface area (Å²) in [5, 5.41) is 2.93. The van der Waals surface area contributed by atoms with Gasteiger partial charge in [0.25, 0.3) is 0 Å². The molecular weight excluding hydrogens is 373 g/mol. The Morgan fingerprint density at radius 2 is 1.86 bits per heavy atom. The Morgan fingerprint density at radius 1 is 1.14 bits per heavy atom. The number of Topliss-reactive ketones (excluding diaryl/α,β-unsaturated/α-hetero) is 1. The maximum Gasteiger partial charge on any atom is 0.317 e. The van der Waals surface area contributed by atoms with Crippen LogP contribution in [0.1, 0.15) is 22.8 Å². The molecule has 0 bridgehead atoms. The van der Waals surface area contributed by atoms with Gasteiger partial charge in [0.15, 0.2) is 5.78 Å². The Balaban J connectivity index is 1.53. The zero-order chi connectivity index (χ0) is 21.0. The van der Waals surface area contributed by atoms with Gasteiger partial charge < -0.3 is 20.0 Å². The number of rotatable bonds is 5. The van der Waals surface area contributed by atoms with Gasteiger partial charge in [0.2, 0.25) is 0 Å². The molecule has 8 heteroatoms. The Labute approximate surface area is 170 Å². The van der Waals surface area contributed by atoms with Crippen molar-refractivity contribution >= 4 is 23.3 Å². The molecule has 0 atom stereocenters. The summed E-state index contributed by atoms with van der Waals surface area (Å²) in [6.07, 6.45) is 1.72. The fourth-order valence-corrected chi connectivity index (χ4v) is 3.24. The molecule has 154 valence electrons. The van der Waals surface area contributed by atoms with Crippen molar-refractivity contribution in [1.82, 2.24) is 15.2 Å². The van der Waals surface area contributed by atoms with Crippen LogP contribution < -0.4 is 15.1 Å². The highest BCUT2D eigenvalue weighted by Crippen LogP contribution is 2.22. The Bertz CT molecular complexity index is 894. The van der Waals surface area contributed by atoms with Crippen molar-refractivity contribution in [2.75, 3.05) is 50.1 Å². The summed E-state index contributed by atoms with van der Waals surface area (Å²) >= 11 is 0. The molecule has 0 aliphatic carbocycles. The number of benzene rings is 1. The maximum absolute atomic E-state index is 14.4. The predicted octanol–water partition coefficient (Wildman–Crippen LogP) is 2.52. The minimum absolute atomic E-state index is 0.139. The van der Waals surface area contributed by atoms with E-state index in [4.69, 9.17) is 0 Å². The molecule has 3 rings (SSSR count). The van der Waals surface area contributed by atoms with E-state index in [0.29, 0.717) is 44.0 Å². The number of aromatic nitrogens is 1. The van der Waals surface area contributed by atoms with Crippen LogP contribution >= 0.6 is 0 Å². The number of hydrogen-bond donors (Lipinski definition) is 1. The highest BCUT2D eigenvalue weighted by molar-refractivity contribution is 5.94. The monoisotopic (exact) mass is 399 g/mol. The normalized spacial score (nSPS) is 13.9. The molecule has 29 heavy (non-hydrogen) atoms. The molecule has 1 aromatic heterocycles. The summed E-state index contributed by atoms with van der Waals surface area (Å²) < 4.78 is 14.4. The van der Waals surface area contributed by atoms with Crippen LogP contribution in [0.2, 0.25) is 0 Å². The first-order chi connectivity index (χ1) is 13.8. The average molecular weight is 399 g/mol. The number of carbonyl (C=O) groups excluding carboxylic acids is 2. The Morgan fingerprint density at radius 3 is 2.48 bits per heavy atom. The second kappa shape index (κ2) is 8.89. The minimum atomic E-state index is -0.412. The van der Waals surface area contributed by atoms with Gasteiger partial charge in [-0.3, -0.25) is 4.79 Å².